The Hall–Kier alpha value is -2.40. The Morgan fingerprint density at radius 2 is 2.09 bits per heavy atom. The molecular weight excluding hydrogens is 302 g/mol. The Balaban J connectivity index is 2.05. The number of aromatic nitrogens is 3. The fourth-order valence-corrected chi connectivity index (χ4v) is 2.46. The largest absolute Gasteiger partial charge is 0.462 e. The summed E-state index contributed by atoms with van der Waals surface area (Å²) >= 11 is 6.04. The Morgan fingerprint density at radius 3 is 2.82 bits per heavy atom. The molecule has 0 amide bonds. The Morgan fingerprint density at radius 1 is 1.32 bits per heavy atom. The zero-order valence-electron chi connectivity index (χ0n) is 12.0. The van der Waals surface area contributed by atoms with Crippen LogP contribution in [0.15, 0.2) is 42.6 Å². The van der Waals surface area contributed by atoms with Gasteiger partial charge in [-0.3, -0.25) is 0 Å². The van der Waals surface area contributed by atoms with Gasteiger partial charge in [0.05, 0.1) is 30.3 Å². The van der Waals surface area contributed by atoms with Crippen molar-refractivity contribution in [3.8, 4) is 0 Å². The number of esters is 1. The van der Waals surface area contributed by atoms with E-state index in [0.717, 1.165) is 5.56 Å². The van der Waals surface area contributed by atoms with E-state index in [2.05, 4.69) is 10.1 Å². The van der Waals surface area contributed by atoms with E-state index in [-0.39, 0.29) is 5.15 Å². The Bertz CT molecular complexity index is 815. The van der Waals surface area contributed by atoms with Gasteiger partial charge in [-0.1, -0.05) is 41.9 Å². The maximum absolute atomic E-state index is 12.0. The molecule has 0 unspecified atom stereocenters. The predicted molar refractivity (Wildman–Crippen MR) is 84.0 cm³/mol. The first kappa shape index (κ1) is 14.5. The number of benzene rings is 1. The molecule has 0 aliphatic heterocycles. The van der Waals surface area contributed by atoms with Gasteiger partial charge >= 0.3 is 5.97 Å². The first-order valence-electron chi connectivity index (χ1n) is 6.92. The van der Waals surface area contributed by atoms with Gasteiger partial charge in [-0.05, 0) is 18.6 Å². The van der Waals surface area contributed by atoms with E-state index in [9.17, 15) is 4.79 Å². The summed E-state index contributed by atoms with van der Waals surface area (Å²) in [4.78, 5) is 16.3. The van der Waals surface area contributed by atoms with Crippen molar-refractivity contribution in [3.63, 3.8) is 0 Å². The number of hydrogen-bond acceptors (Lipinski definition) is 4. The van der Waals surface area contributed by atoms with Crippen LogP contribution >= 0.6 is 11.6 Å². The van der Waals surface area contributed by atoms with E-state index in [1.165, 1.54) is 6.07 Å². The topological polar surface area (TPSA) is 57.0 Å². The van der Waals surface area contributed by atoms with Crippen LogP contribution in [0.2, 0.25) is 5.15 Å². The second kappa shape index (κ2) is 6.15. The molecule has 0 saturated heterocycles. The predicted octanol–water partition coefficient (Wildman–Crippen LogP) is 3.31. The van der Waals surface area contributed by atoms with Crippen LogP contribution in [0.5, 0.6) is 0 Å². The van der Waals surface area contributed by atoms with Crippen LogP contribution in [-0.4, -0.2) is 27.3 Å². The second-order valence-corrected chi connectivity index (χ2v) is 5.13. The zero-order valence-corrected chi connectivity index (χ0v) is 12.7. The molecule has 0 saturated carbocycles. The number of carbonyl (C=O) groups excluding carboxylic acids is 1. The maximum Gasteiger partial charge on any atom is 0.339 e. The molecule has 22 heavy (non-hydrogen) atoms. The maximum atomic E-state index is 12.0. The van der Waals surface area contributed by atoms with Gasteiger partial charge in [-0.2, -0.15) is 5.10 Å². The van der Waals surface area contributed by atoms with Crippen molar-refractivity contribution < 1.29 is 9.53 Å². The van der Waals surface area contributed by atoms with E-state index < -0.39 is 5.97 Å². The average Bonchev–Trinajstić information content (AvgIpc) is 2.90. The molecule has 5 nitrogen and oxygen atoms in total. The summed E-state index contributed by atoms with van der Waals surface area (Å²) in [6, 6.07) is 11.4. The summed E-state index contributed by atoms with van der Waals surface area (Å²) in [7, 11) is 0. The number of halogens is 1. The van der Waals surface area contributed by atoms with Crippen molar-refractivity contribution in [2.75, 3.05) is 6.61 Å². The van der Waals surface area contributed by atoms with Crippen molar-refractivity contribution >= 4 is 28.6 Å². The van der Waals surface area contributed by atoms with Crippen molar-refractivity contribution in [3.05, 3.63) is 58.9 Å². The number of fused-ring (bicyclic) bond motifs is 1. The monoisotopic (exact) mass is 315 g/mol. The van der Waals surface area contributed by atoms with Gasteiger partial charge < -0.3 is 4.74 Å². The Labute approximate surface area is 132 Å². The van der Waals surface area contributed by atoms with Crippen molar-refractivity contribution in [2.45, 2.75) is 13.5 Å². The fourth-order valence-electron chi connectivity index (χ4n) is 2.27. The molecule has 6 heteroatoms. The van der Waals surface area contributed by atoms with Crippen LogP contribution < -0.4 is 0 Å². The van der Waals surface area contributed by atoms with Gasteiger partial charge in [0, 0.05) is 0 Å². The van der Waals surface area contributed by atoms with Crippen LogP contribution in [0.25, 0.3) is 11.0 Å². The van der Waals surface area contributed by atoms with Crippen molar-refractivity contribution in [2.24, 2.45) is 0 Å². The standard InChI is InChI=1S/C16H14ClN3O2/c1-2-22-16(21)12-8-14(17)19-15-13(12)9-18-20(15)10-11-6-4-3-5-7-11/h3-9H,2,10H2,1H3. The van der Waals surface area contributed by atoms with Crippen LogP contribution in [0, 0.1) is 0 Å². The van der Waals surface area contributed by atoms with E-state index in [1.54, 1.807) is 17.8 Å². The van der Waals surface area contributed by atoms with Gasteiger partial charge in [0.15, 0.2) is 5.65 Å². The summed E-state index contributed by atoms with van der Waals surface area (Å²) < 4.78 is 6.78. The molecule has 112 valence electrons. The summed E-state index contributed by atoms with van der Waals surface area (Å²) in [5.41, 5.74) is 2.04. The van der Waals surface area contributed by atoms with Gasteiger partial charge in [-0.25, -0.2) is 14.5 Å². The number of rotatable bonds is 4. The van der Waals surface area contributed by atoms with Gasteiger partial charge in [0.1, 0.15) is 5.15 Å². The number of ether oxygens (including phenoxy) is 1. The molecule has 0 fully saturated rings. The molecule has 2 aromatic heterocycles. The minimum absolute atomic E-state index is 0.241. The van der Waals surface area contributed by atoms with Gasteiger partial charge in [0.2, 0.25) is 0 Å². The first-order valence-corrected chi connectivity index (χ1v) is 7.30. The average molecular weight is 316 g/mol. The lowest BCUT2D eigenvalue weighted by atomic mass is 10.2. The summed E-state index contributed by atoms with van der Waals surface area (Å²) in [5, 5.41) is 5.20. The minimum Gasteiger partial charge on any atom is -0.462 e. The molecule has 0 aliphatic carbocycles. The molecule has 3 aromatic rings. The fraction of sp³-hybridized carbons (Fsp3) is 0.188. The Kier molecular flexibility index (Phi) is 4.06. The number of hydrogen-bond donors (Lipinski definition) is 0. The molecule has 1 aromatic carbocycles. The van der Waals surface area contributed by atoms with E-state index in [0.29, 0.717) is 29.7 Å². The molecule has 0 N–H and O–H groups in total. The SMILES string of the molecule is CCOC(=O)c1cc(Cl)nc2c1cnn2Cc1ccccc1. The van der Waals surface area contributed by atoms with E-state index >= 15 is 0 Å². The third-order valence-electron chi connectivity index (χ3n) is 3.25. The summed E-state index contributed by atoms with van der Waals surface area (Å²) in [6.45, 7) is 2.62. The van der Waals surface area contributed by atoms with Crippen molar-refractivity contribution in [1.29, 1.82) is 0 Å². The highest BCUT2D eigenvalue weighted by atomic mass is 35.5. The summed E-state index contributed by atoms with van der Waals surface area (Å²) in [6.07, 6.45) is 1.62. The minimum atomic E-state index is -0.420. The highest BCUT2D eigenvalue weighted by molar-refractivity contribution is 6.30. The smallest absolute Gasteiger partial charge is 0.339 e. The lowest BCUT2D eigenvalue weighted by Gasteiger charge is -2.06. The highest BCUT2D eigenvalue weighted by Crippen LogP contribution is 2.22. The lowest BCUT2D eigenvalue weighted by Crippen LogP contribution is -2.07. The first-order chi connectivity index (χ1) is 10.7. The molecule has 0 bridgehead atoms. The van der Waals surface area contributed by atoms with E-state index in [4.69, 9.17) is 16.3 Å². The molecule has 0 atom stereocenters. The molecular formula is C16H14ClN3O2. The number of carbonyl (C=O) groups is 1. The molecule has 0 spiro atoms. The van der Waals surface area contributed by atoms with Crippen LogP contribution in [0.1, 0.15) is 22.8 Å². The zero-order chi connectivity index (χ0) is 15.5. The molecule has 2 heterocycles. The lowest BCUT2D eigenvalue weighted by molar-refractivity contribution is 0.0528. The third-order valence-corrected chi connectivity index (χ3v) is 3.44. The van der Waals surface area contributed by atoms with Crippen LogP contribution in [-0.2, 0) is 11.3 Å². The molecule has 0 aliphatic rings. The van der Waals surface area contributed by atoms with E-state index in [1.807, 2.05) is 30.3 Å². The number of nitrogens with zero attached hydrogens (tertiary/aromatic N) is 3. The molecule has 0 radical (unpaired) electrons. The normalized spacial score (nSPS) is 10.8. The van der Waals surface area contributed by atoms with Crippen molar-refractivity contribution in [1.82, 2.24) is 14.8 Å². The molecule has 3 rings (SSSR count). The quantitative estimate of drug-likeness (QED) is 0.547. The number of pyridine rings is 1. The van der Waals surface area contributed by atoms with Crippen LogP contribution in [0.3, 0.4) is 0 Å². The second-order valence-electron chi connectivity index (χ2n) is 4.74. The van der Waals surface area contributed by atoms with Gasteiger partial charge in [0.25, 0.3) is 0 Å². The van der Waals surface area contributed by atoms with Gasteiger partial charge in [-0.15, -0.1) is 0 Å². The summed E-state index contributed by atoms with van der Waals surface area (Å²) in [5.74, 6) is -0.420. The third kappa shape index (κ3) is 2.80. The highest BCUT2D eigenvalue weighted by Gasteiger charge is 2.17. The van der Waals surface area contributed by atoms with Crippen LogP contribution in [0.4, 0.5) is 0 Å².